The average molecular weight is 267 g/mol. The minimum atomic E-state index is -4.64. The van der Waals surface area contributed by atoms with Crippen LogP contribution < -0.4 is 0 Å². The molecule has 14 heavy (non-hydrogen) atoms. The maximum absolute atomic E-state index is 10.2. The molecule has 0 aromatic rings. The fourth-order valence-electron chi connectivity index (χ4n) is 0.196. The molecule has 0 aliphatic carbocycles. The Morgan fingerprint density at radius 3 is 1.00 bits per heavy atom. The van der Waals surface area contributed by atoms with E-state index < -0.39 is 20.6 Å². The molecule has 0 amide bonds. The molecule has 0 bridgehead atoms. The first-order valence-electron chi connectivity index (χ1n) is 2.26. The predicted octanol–water partition coefficient (Wildman–Crippen LogP) is -3.17. The summed E-state index contributed by atoms with van der Waals surface area (Å²) in [5.41, 5.74) is 0. The molecule has 10 N–H and O–H groups in total. The smallest absolute Gasteiger partial charge is 0.340 e. The Bertz CT molecular complexity index is 183. The first-order chi connectivity index (χ1) is 4.15. The molecule has 0 saturated heterocycles. The Labute approximate surface area is 102 Å². The topological polar surface area (TPSA) is 210 Å². The molecule has 0 spiro atoms. The molecule has 0 aromatic carbocycles. The Kier molecular flexibility index (Phi) is 19.8. The van der Waals surface area contributed by atoms with E-state index in [0.29, 0.717) is 0 Å². The molecule has 0 saturated carbocycles. The Hall–Kier alpha value is 1.18. The molecule has 0 aliphatic heterocycles. The molecule has 0 fully saturated rings. The van der Waals surface area contributed by atoms with E-state index >= 15 is 0 Å². The summed E-state index contributed by atoms with van der Waals surface area (Å²) in [4.78, 5) is 33.0. The van der Waals surface area contributed by atoms with E-state index in [1.165, 1.54) is 0 Å². The van der Waals surface area contributed by atoms with Crippen molar-refractivity contribution in [1.82, 2.24) is 0 Å². The van der Waals surface area contributed by atoms with Crippen LogP contribution in [-0.4, -0.2) is 71.0 Å². The molecule has 0 atom stereocenters. The van der Waals surface area contributed by atoms with Gasteiger partial charge in [0.2, 0.25) is 0 Å². The van der Waals surface area contributed by atoms with Crippen LogP contribution in [0.2, 0.25) is 0 Å². The minimum absolute atomic E-state index is 0. The molecule has 0 rings (SSSR count). The molecule has 0 unspecified atom stereocenters. The quantitative estimate of drug-likeness (QED) is 0.299. The van der Waals surface area contributed by atoms with Crippen molar-refractivity contribution in [3.05, 3.63) is 0 Å². The maximum Gasteiger partial charge on any atom is 0.340 e. The zero-order valence-corrected chi connectivity index (χ0v) is 11.4. The van der Waals surface area contributed by atoms with E-state index in [-0.39, 0.29) is 46.0 Å². The van der Waals surface area contributed by atoms with Gasteiger partial charge in [-0.05, 0) is 6.92 Å². The van der Waals surface area contributed by atoms with Crippen LogP contribution in [0, 0.1) is 0 Å². The Balaban J connectivity index is -0.0000000675. The van der Waals surface area contributed by atoms with Crippen molar-refractivity contribution in [2.24, 2.45) is 0 Å². The van der Waals surface area contributed by atoms with Gasteiger partial charge in [0.25, 0.3) is 0 Å². The van der Waals surface area contributed by atoms with Crippen LogP contribution in [0.4, 0.5) is 0 Å². The van der Waals surface area contributed by atoms with Gasteiger partial charge >= 0.3 is 15.2 Å². The molecule has 0 aromatic heterocycles. The van der Waals surface area contributed by atoms with Crippen molar-refractivity contribution < 1.29 is 45.1 Å². The van der Waals surface area contributed by atoms with Crippen LogP contribution in [-0.2, 0) is 9.13 Å². The number of hydrogen-bond acceptors (Lipinski definition) is 2. The number of rotatable bonds is 2. The second kappa shape index (κ2) is 9.41. The maximum atomic E-state index is 10.2. The summed E-state index contributed by atoms with van der Waals surface area (Å²) in [5, 5.41) is -1.90. The van der Waals surface area contributed by atoms with Crippen molar-refractivity contribution in [2.45, 2.75) is 12.3 Å². The van der Waals surface area contributed by atoms with Crippen LogP contribution in [0.3, 0.4) is 0 Å². The summed E-state index contributed by atoms with van der Waals surface area (Å²) in [6.07, 6.45) is 0. The molecule has 9 nitrogen and oxygen atoms in total. The third kappa shape index (κ3) is 11.3. The van der Waals surface area contributed by atoms with Gasteiger partial charge in [-0.15, -0.1) is 0 Å². The van der Waals surface area contributed by atoms with Crippen molar-refractivity contribution in [1.29, 1.82) is 0 Å². The van der Waals surface area contributed by atoms with E-state index in [1.807, 2.05) is 0 Å². The van der Waals surface area contributed by atoms with Gasteiger partial charge in [0.15, 0.2) is 5.40 Å². The normalized spacial score (nSPS) is 10.1. The number of hydrogen-bond donors (Lipinski definition) is 4. The molecule has 0 heterocycles. The van der Waals surface area contributed by atoms with Crippen LogP contribution in [0.25, 0.3) is 0 Å². The fourth-order valence-corrected chi connectivity index (χ4v) is 1.76. The van der Waals surface area contributed by atoms with Crippen LogP contribution in [0.1, 0.15) is 6.92 Å². The van der Waals surface area contributed by atoms with E-state index in [4.69, 9.17) is 19.6 Å². The van der Waals surface area contributed by atoms with Crippen molar-refractivity contribution >= 4 is 44.7 Å². The average Bonchev–Trinajstić information content (AvgIpc) is 1.59. The third-order valence-corrected chi connectivity index (χ3v) is 4.73. The second-order valence-electron chi connectivity index (χ2n) is 1.81. The molecular weight excluding hydrogens is 253 g/mol. The monoisotopic (exact) mass is 267 g/mol. The summed E-state index contributed by atoms with van der Waals surface area (Å²) in [5.74, 6) is 0. The summed E-state index contributed by atoms with van der Waals surface area (Å²) in [6.45, 7) is 0.807. The van der Waals surface area contributed by atoms with Gasteiger partial charge in [-0.3, -0.25) is 9.13 Å². The SMILES string of the molecule is CC(P(=O)(O)O)P(=O)(O)O.O.O.O.[Na]. The molecule has 12 heteroatoms. The first-order valence-corrected chi connectivity index (χ1v) is 5.62. The van der Waals surface area contributed by atoms with E-state index in [2.05, 4.69) is 0 Å². The Morgan fingerprint density at radius 2 is 1.00 bits per heavy atom. The summed E-state index contributed by atoms with van der Waals surface area (Å²) in [7, 11) is -9.28. The fraction of sp³-hybridized carbons (Fsp3) is 1.00. The van der Waals surface area contributed by atoms with Gasteiger partial charge in [-0.1, -0.05) is 0 Å². The van der Waals surface area contributed by atoms with Gasteiger partial charge < -0.3 is 36.0 Å². The predicted molar refractivity (Wildman–Crippen MR) is 50.1 cm³/mol. The van der Waals surface area contributed by atoms with Gasteiger partial charge in [0, 0.05) is 29.6 Å². The summed E-state index contributed by atoms with van der Waals surface area (Å²) >= 11 is 0. The molecule has 1 radical (unpaired) electrons. The standard InChI is InChI=1S/C2H8O6P2.Na.3H2O/c1-2(9(3,4)5)10(6,7)8;;;;/h2H,1H3,(H2,3,4,5)(H2,6,7,8);;3*1H2. The molecular formula is C2H14NaO9P2. The zero-order chi connectivity index (χ0) is 8.58. The van der Waals surface area contributed by atoms with Gasteiger partial charge in [-0.25, -0.2) is 0 Å². The van der Waals surface area contributed by atoms with Crippen molar-refractivity contribution in [3.63, 3.8) is 0 Å². The van der Waals surface area contributed by atoms with Crippen molar-refractivity contribution in [3.8, 4) is 0 Å². The summed E-state index contributed by atoms with van der Waals surface area (Å²) < 4.78 is 20.4. The molecule has 0 aliphatic rings. The van der Waals surface area contributed by atoms with E-state index in [9.17, 15) is 9.13 Å². The van der Waals surface area contributed by atoms with E-state index in [1.54, 1.807) is 0 Å². The largest absolute Gasteiger partial charge is 0.412 e. The van der Waals surface area contributed by atoms with Gasteiger partial charge in [0.05, 0.1) is 0 Å². The Morgan fingerprint density at radius 1 is 0.857 bits per heavy atom. The molecule has 87 valence electrons. The minimum Gasteiger partial charge on any atom is -0.412 e. The van der Waals surface area contributed by atoms with Gasteiger partial charge in [0.1, 0.15) is 0 Å². The van der Waals surface area contributed by atoms with Crippen LogP contribution in [0.15, 0.2) is 0 Å². The second-order valence-corrected chi connectivity index (χ2v) is 6.12. The van der Waals surface area contributed by atoms with Gasteiger partial charge in [-0.2, -0.15) is 0 Å². The van der Waals surface area contributed by atoms with Crippen LogP contribution >= 0.6 is 15.2 Å². The van der Waals surface area contributed by atoms with E-state index in [0.717, 1.165) is 6.92 Å². The van der Waals surface area contributed by atoms with Crippen molar-refractivity contribution in [2.75, 3.05) is 0 Å². The third-order valence-electron chi connectivity index (χ3n) is 0.974. The zero-order valence-electron chi connectivity index (χ0n) is 7.58. The first kappa shape index (κ1) is 29.5. The van der Waals surface area contributed by atoms with Crippen LogP contribution in [0.5, 0.6) is 0 Å². The summed E-state index contributed by atoms with van der Waals surface area (Å²) in [6, 6.07) is 0.